The van der Waals surface area contributed by atoms with E-state index in [4.69, 9.17) is 15.3 Å². The molecule has 0 aliphatic carbocycles. The van der Waals surface area contributed by atoms with Crippen LogP contribution < -0.4 is 0 Å². The minimum atomic E-state index is -0.875. The molecule has 0 saturated carbocycles. The molecule has 5 heteroatoms. The van der Waals surface area contributed by atoms with E-state index < -0.39 is 12.6 Å². The van der Waals surface area contributed by atoms with Crippen molar-refractivity contribution in [3.8, 4) is 0 Å². The Labute approximate surface area is 71.5 Å². The Morgan fingerprint density at radius 2 is 1.83 bits per heavy atom. The van der Waals surface area contributed by atoms with Gasteiger partial charge in [0.25, 0.3) is 0 Å². The number of ether oxygens (including phenoxy) is 2. The highest BCUT2D eigenvalue weighted by molar-refractivity contribution is 4.65. The molecule has 1 saturated heterocycles. The first-order valence-electron chi connectivity index (χ1n) is 3.80. The van der Waals surface area contributed by atoms with E-state index >= 15 is 0 Å². The average molecular weight is 180 g/mol. The molecule has 0 aromatic heterocycles. The van der Waals surface area contributed by atoms with E-state index in [1.54, 1.807) is 0 Å². The zero-order valence-corrected chi connectivity index (χ0v) is 7.30. The van der Waals surface area contributed by atoms with E-state index in [1.165, 1.54) is 13.8 Å². The second-order valence-corrected chi connectivity index (χ2v) is 2.47. The number of rotatable bonds is 3. The van der Waals surface area contributed by atoms with Gasteiger partial charge < -0.3 is 24.8 Å². The molecule has 3 atom stereocenters. The van der Waals surface area contributed by atoms with Crippen LogP contribution >= 0.6 is 0 Å². The lowest BCUT2D eigenvalue weighted by Gasteiger charge is -2.07. The third-order valence-corrected chi connectivity index (χ3v) is 1.000. The number of hydrogen-bond donors (Lipinski definition) is 3. The fourth-order valence-corrected chi connectivity index (χ4v) is 0.458. The quantitative estimate of drug-likeness (QED) is 0.385. The van der Waals surface area contributed by atoms with Gasteiger partial charge in [-0.05, 0) is 13.8 Å². The van der Waals surface area contributed by atoms with Crippen LogP contribution in [0.15, 0.2) is 0 Å². The summed E-state index contributed by atoms with van der Waals surface area (Å²) in [4.78, 5) is 0. The van der Waals surface area contributed by atoms with Gasteiger partial charge in [0.05, 0.1) is 13.2 Å². The first-order chi connectivity index (χ1) is 5.56. The predicted octanol–water partition coefficient (Wildman–Crippen LogP) is -0.943. The SMILES string of the molecule is CC(O)OC(C)O.OCC1CO1. The van der Waals surface area contributed by atoms with Crippen LogP contribution in [-0.4, -0.2) is 47.2 Å². The molecule has 0 amide bonds. The number of hydrogen-bond acceptors (Lipinski definition) is 5. The van der Waals surface area contributed by atoms with Gasteiger partial charge in [-0.3, -0.25) is 0 Å². The van der Waals surface area contributed by atoms with Gasteiger partial charge in [-0.15, -0.1) is 0 Å². The minimum Gasteiger partial charge on any atom is -0.394 e. The zero-order valence-electron chi connectivity index (χ0n) is 7.30. The Morgan fingerprint density at radius 1 is 1.42 bits per heavy atom. The summed E-state index contributed by atoms with van der Waals surface area (Å²) in [5.41, 5.74) is 0. The number of aliphatic hydroxyl groups excluding tert-OH is 3. The summed E-state index contributed by atoms with van der Waals surface area (Å²) in [5, 5.41) is 24.8. The van der Waals surface area contributed by atoms with E-state index in [0.717, 1.165) is 6.61 Å². The van der Waals surface area contributed by atoms with Crippen LogP contribution in [0.4, 0.5) is 0 Å². The van der Waals surface area contributed by atoms with Gasteiger partial charge in [-0.1, -0.05) is 0 Å². The standard InChI is InChI=1S/C4H10O3.C3H6O2/c1-3(5)7-4(2)6;4-1-3-2-5-3/h3-6H,1-2H3;3-4H,1-2H2. The van der Waals surface area contributed by atoms with Gasteiger partial charge in [-0.25, -0.2) is 0 Å². The molecule has 1 heterocycles. The lowest BCUT2D eigenvalue weighted by molar-refractivity contribution is -0.190. The second-order valence-electron chi connectivity index (χ2n) is 2.47. The number of aliphatic hydroxyl groups is 3. The predicted molar refractivity (Wildman–Crippen MR) is 41.3 cm³/mol. The molecule has 3 unspecified atom stereocenters. The smallest absolute Gasteiger partial charge is 0.154 e. The fraction of sp³-hybridized carbons (Fsp3) is 1.00. The average Bonchev–Trinajstić information content (AvgIpc) is 2.66. The Morgan fingerprint density at radius 3 is 1.83 bits per heavy atom. The van der Waals surface area contributed by atoms with Crippen molar-refractivity contribution in [3.63, 3.8) is 0 Å². The molecule has 12 heavy (non-hydrogen) atoms. The normalized spacial score (nSPS) is 25.2. The van der Waals surface area contributed by atoms with Crippen molar-refractivity contribution < 1.29 is 24.8 Å². The molecular weight excluding hydrogens is 164 g/mol. The lowest BCUT2D eigenvalue weighted by Crippen LogP contribution is -2.14. The van der Waals surface area contributed by atoms with Gasteiger partial charge >= 0.3 is 0 Å². The van der Waals surface area contributed by atoms with Crippen molar-refractivity contribution in [2.45, 2.75) is 32.5 Å². The van der Waals surface area contributed by atoms with E-state index in [9.17, 15) is 0 Å². The Bertz CT molecular complexity index is 94.0. The van der Waals surface area contributed by atoms with Gasteiger partial charge in [0, 0.05) is 0 Å². The molecule has 0 aromatic carbocycles. The minimum absolute atomic E-state index is 0.190. The van der Waals surface area contributed by atoms with Crippen LogP contribution in [-0.2, 0) is 9.47 Å². The van der Waals surface area contributed by atoms with Crippen LogP contribution in [0, 0.1) is 0 Å². The van der Waals surface area contributed by atoms with Gasteiger partial charge in [0.2, 0.25) is 0 Å². The first-order valence-corrected chi connectivity index (χ1v) is 3.80. The lowest BCUT2D eigenvalue weighted by atomic mass is 10.5. The van der Waals surface area contributed by atoms with Crippen LogP contribution in [0.2, 0.25) is 0 Å². The van der Waals surface area contributed by atoms with Crippen LogP contribution in [0.5, 0.6) is 0 Å². The van der Waals surface area contributed by atoms with Gasteiger partial charge in [0.1, 0.15) is 6.10 Å². The highest BCUT2D eigenvalue weighted by Crippen LogP contribution is 2.04. The molecule has 0 bridgehead atoms. The molecule has 74 valence electrons. The third kappa shape index (κ3) is 9.80. The molecule has 3 N–H and O–H groups in total. The molecule has 1 rings (SSSR count). The van der Waals surface area contributed by atoms with E-state index in [0.29, 0.717) is 0 Å². The molecular formula is C7H16O5. The summed E-state index contributed by atoms with van der Waals surface area (Å²) in [6.07, 6.45) is -1.56. The van der Waals surface area contributed by atoms with Crippen molar-refractivity contribution in [3.05, 3.63) is 0 Å². The van der Waals surface area contributed by atoms with Gasteiger partial charge in [0.15, 0.2) is 12.6 Å². The fourth-order valence-electron chi connectivity index (χ4n) is 0.458. The Hall–Kier alpha value is -0.200. The van der Waals surface area contributed by atoms with E-state index in [1.807, 2.05) is 0 Å². The summed E-state index contributed by atoms with van der Waals surface area (Å²) in [6, 6.07) is 0. The maximum Gasteiger partial charge on any atom is 0.154 e. The summed E-state index contributed by atoms with van der Waals surface area (Å²) in [7, 11) is 0. The molecule has 1 aliphatic rings. The van der Waals surface area contributed by atoms with E-state index in [2.05, 4.69) is 9.47 Å². The second kappa shape index (κ2) is 6.33. The summed E-state index contributed by atoms with van der Waals surface area (Å²) in [5.74, 6) is 0. The maximum atomic E-state index is 8.34. The first kappa shape index (κ1) is 11.8. The van der Waals surface area contributed by atoms with Crippen molar-refractivity contribution in [2.75, 3.05) is 13.2 Å². The highest BCUT2D eigenvalue weighted by Gasteiger charge is 2.19. The van der Waals surface area contributed by atoms with Crippen molar-refractivity contribution in [1.82, 2.24) is 0 Å². The topological polar surface area (TPSA) is 82.5 Å². The molecule has 0 aromatic rings. The van der Waals surface area contributed by atoms with Crippen molar-refractivity contribution >= 4 is 0 Å². The molecule has 0 radical (unpaired) electrons. The molecule has 1 fully saturated rings. The molecule has 1 aliphatic heterocycles. The number of epoxide rings is 1. The van der Waals surface area contributed by atoms with Crippen LogP contribution in [0.3, 0.4) is 0 Å². The summed E-state index contributed by atoms with van der Waals surface area (Å²) >= 11 is 0. The van der Waals surface area contributed by atoms with Crippen LogP contribution in [0.1, 0.15) is 13.8 Å². The summed E-state index contributed by atoms with van der Waals surface area (Å²) in [6.45, 7) is 3.83. The summed E-state index contributed by atoms with van der Waals surface area (Å²) < 4.78 is 8.97. The third-order valence-electron chi connectivity index (χ3n) is 1.000. The Balaban J connectivity index is 0.000000211. The van der Waals surface area contributed by atoms with Crippen molar-refractivity contribution in [1.29, 1.82) is 0 Å². The zero-order chi connectivity index (χ0) is 9.56. The largest absolute Gasteiger partial charge is 0.394 e. The van der Waals surface area contributed by atoms with Crippen molar-refractivity contribution in [2.24, 2.45) is 0 Å². The molecule has 5 nitrogen and oxygen atoms in total. The van der Waals surface area contributed by atoms with Crippen LogP contribution in [0.25, 0.3) is 0 Å². The van der Waals surface area contributed by atoms with E-state index in [-0.39, 0.29) is 12.7 Å². The Kier molecular flexibility index (Phi) is 6.23. The van der Waals surface area contributed by atoms with Gasteiger partial charge in [-0.2, -0.15) is 0 Å². The monoisotopic (exact) mass is 180 g/mol. The molecule has 0 spiro atoms. The maximum absolute atomic E-state index is 8.34. The highest BCUT2D eigenvalue weighted by atomic mass is 16.7.